The summed E-state index contributed by atoms with van der Waals surface area (Å²) in [7, 11) is 0. The Morgan fingerprint density at radius 3 is 2.85 bits per heavy atom. The van der Waals surface area contributed by atoms with E-state index in [4.69, 9.17) is 11.6 Å². The number of thiazole rings is 1. The van der Waals surface area contributed by atoms with E-state index in [0.717, 1.165) is 21.3 Å². The van der Waals surface area contributed by atoms with Gasteiger partial charge in [-0.05, 0) is 38.1 Å². The fourth-order valence-corrected chi connectivity index (χ4v) is 3.86. The van der Waals surface area contributed by atoms with Gasteiger partial charge < -0.3 is 0 Å². The van der Waals surface area contributed by atoms with Crippen LogP contribution in [0.3, 0.4) is 0 Å². The number of pyridine rings is 1. The Morgan fingerprint density at radius 1 is 1.31 bits per heavy atom. The predicted molar refractivity (Wildman–Crippen MR) is 106 cm³/mol. The first-order valence-electron chi connectivity index (χ1n) is 8.08. The molecular formula is C19H14ClN5S. The topological polar surface area (TPSA) is 67.4 Å². The van der Waals surface area contributed by atoms with E-state index in [1.165, 1.54) is 11.3 Å². The first-order chi connectivity index (χ1) is 12.6. The first-order valence-corrected chi connectivity index (χ1v) is 9.28. The summed E-state index contributed by atoms with van der Waals surface area (Å²) >= 11 is 7.87. The summed E-state index contributed by atoms with van der Waals surface area (Å²) in [5, 5.41) is 15.9. The third-order valence-corrected chi connectivity index (χ3v) is 5.36. The number of benzene rings is 1. The summed E-state index contributed by atoms with van der Waals surface area (Å²) in [6, 6.07) is 12.1. The molecule has 0 N–H and O–H groups in total. The summed E-state index contributed by atoms with van der Waals surface area (Å²) in [5.41, 5.74) is 2.76. The van der Waals surface area contributed by atoms with Crippen molar-refractivity contribution < 1.29 is 0 Å². The van der Waals surface area contributed by atoms with Gasteiger partial charge in [0, 0.05) is 17.0 Å². The molecule has 0 saturated heterocycles. The van der Waals surface area contributed by atoms with Crippen molar-refractivity contribution in [2.75, 3.05) is 0 Å². The van der Waals surface area contributed by atoms with E-state index in [9.17, 15) is 5.26 Å². The average Bonchev–Trinajstić information content (AvgIpc) is 3.23. The molecule has 0 aliphatic carbocycles. The molecule has 0 bridgehead atoms. The summed E-state index contributed by atoms with van der Waals surface area (Å²) < 4.78 is 2.87. The van der Waals surface area contributed by atoms with Crippen molar-refractivity contribution in [2.45, 2.75) is 19.9 Å². The van der Waals surface area contributed by atoms with Crippen molar-refractivity contribution in [1.29, 1.82) is 5.26 Å². The van der Waals surface area contributed by atoms with Crippen molar-refractivity contribution in [1.82, 2.24) is 19.7 Å². The van der Waals surface area contributed by atoms with Gasteiger partial charge in [-0.3, -0.25) is 0 Å². The van der Waals surface area contributed by atoms with Crippen LogP contribution in [0, 0.1) is 11.3 Å². The van der Waals surface area contributed by atoms with E-state index in [1.807, 2.05) is 48.9 Å². The number of aromatic nitrogens is 4. The quantitative estimate of drug-likeness (QED) is 0.356. The highest BCUT2D eigenvalue weighted by atomic mass is 35.5. The highest BCUT2D eigenvalue weighted by molar-refractivity contribution is 7.19. The maximum absolute atomic E-state index is 9.62. The highest BCUT2D eigenvalue weighted by Crippen LogP contribution is 2.30. The van der Waals surface area contributed by atoms with Gasteiger partial charge in [-0.2, -0.15) is 10.4 Å². The monoisotopic (exact) mass is 379 g/mol. The zero-order valence-electron chi connectivity index (χ0n) is 14.1. The molecule has 0 aliphatic rings. The molecule has 7 heteroatoms. The van der Waals surface area contributed by atoms with Crippen LogP contribution in [0.4, 0.5) is 0 Å². The van der Waals surface area contributed by atoms with Gasteiger partial charge in [-0.15, -0.1) is 11.3 Å². The molecule has 4 rings (SSSR count). The second-order valence-corrected chi connectivity index (χ2v) is 7.51. The number of hydrogen-bond acceptors (Lipinski definition) is 5. The number of fused-ring (bicyclic) bond motifs is 2. The molecule has 4 aromatic rings. The van der Waals surface area contributed by atoms with Crippen LogP contribution in [0.25, 0.3) is 32.9 Å². The van der Waals surface area contributed by atoms with Crippen LogP contribution in [0.15, 0.2) is 36.5 Å². The van der Waals surface area contributed by atoms with E-state index in [-0.39, 0.29) is 6.04 Å². The van der Waals surface area contributed by atoms with Crippen molar-refractivity contribution in [2.24, 2.45) is 0 Å². The van der Waals surface area contributed by atoms with Gasteiger partial charge >= 0.3 is 0 Å². The fourth-order valence-electron chi connectivity index (χ4n) is 2.74. The third kappa shape index (κ3) is 2.85. The molecule has 0 aliphatic heterocycles. The second kappa shape index (κ2) is 6.52. The molecule has 0 saturated carbocycles. The van der Waals surface area contributed by atoms with Crippen LogP contribution in [0.5, 0.6) is 0 Å². The number of allylic oxidation sites excluding steroid dienone is 1. The van der Waals surface area contributed by atoms with Gasteiger partial charge in [0.1, 0.15) is 16.2 Å². The molecule has 0 unspecified atom stereocenters. The lowest BCUT2D eigenvalue weighted by molar-refractivity contribution is 0.546. The summed E-state index contributed by atoms with van der Waals surface area (Å²) in [6.45, 7) is 4.08. The molecule has 0 amide bonds. The molecule has 0 fully saturated rings. The summed E-state index contributed by atoms with van der Waals surface area (Å²) in [6.07, 6.45) is 3.50. The van der Waals surface area contributed by atoms with Crippen LogP contribution in [0.2, 0.25) is 5.15 Å². The van der Waals surface area contributed by atoms with E-state index >= 15 is 0 Å². The van der Waals surface area contributed by atoms with Crippen LogP contribution in [0.1, 0.15) is 30.5 Å². The van der Waals surface area contributed by atoms with Gasteiger partial charge in [-0.25, -0.2) is 14.6 Å². The summed E-state index contributed by atoms with van der Waals surface area (Å²) in [5.74, 6) is 0. The van der Waals surface area contributed by atoms with Crippen molar-refractivity contribution >= 4 is 55.8 Å². The summed E-state index contributed by atoms with van der Waals surface area (Å²) in [4.78, 5) is 9.02. The lowest BCUT2D eigenvalue weighted by atomic mass is 10.1. The van der Waals surface area contributed by atoms with E-state index in [2.05, 4.69) is 21.1 Å². The van der Waals surface area contributed by atoms with Gasteiger partial charge in [0.25, 0.3) is 0 Å². The minimum absolute atomic E-state index is 0.190. The van der Waals surface area contributed by atoms with Crippen LogP contribution < -0.4 is 0 Å². The molecule has 5 nitrogen and oxygen atoms in total. The van der Waals surface area contributed by atoms with Gasteiger partial charge in [0.2, 0.25) is 0 Å². The average molecular weight is 380 g/mol. The Balaban J connectivity index is 1.83. The van der Waals surface area contributed by atoms with Gasteiger partial charge in [-0.1, -0.05) is 23.7 Å². The number of hydrogen-bond donors (Lipinski definition) is 0. The first kappa shape index (κ1) is 16.7. The number of nitrogens with zero attached hydrogens (tertiary/aromatic N) is 5. The predicted octanol–water partition coefficient (Wildman–Crippen LogP) is 5.34. The Morgan fingerprint density at radius 2 is 2.12 bits per heavy atom. The number of para-hydroxylation sites is 1. The second-order valence-electron chi connectivity index (χ2n) is 6.12. The Kier molecular flexibility index (Phi) is 4.19. The molecule has 0 radical (unpaired) electrons. The largest absolute Gasteiger partial charge is 0.245 e. The van der Waals surface area contributed by atoms with E-state index in [0.29, 0.717) is 21.3 Å². The SMILES string of the molecule is CC(C)n1ncc2cc(/C=C(\C#N)c3nc4ccccc4s3)c(Cl)nc21. The standard InChI is InChI=1S/C19H14ClN5S/c1-11(2)25-18-14(10-22-25)8-12(17(20)24-18)7-13(9-21)19-23-15-5-3-4-6-16(15)26-19/h3-8,10-11H,1-2H3/b13-7+. The number of nitriles is 1. The van der Waals surface area contributed by atoms with E-state index < -0.39 is 0 Å². The number of halogens is 1. The Hall–Kier alpha value is -2.75. The van der Waals surface area contributed by atoms with Crippen molar-refractivity contribution in [3.8, 4) is 6.07 Å². The maximum atomic E-state index is 9.62. The smallest absolute Gasteiger partial charge is 0.159 e. The Labute approximate surface area is 159 Å². The zero-order chi connectivity index (χ0) is 18.3. The minimum Gasteiger partial charge on any atom is -0.245 e. The zero-order valence-corrected chi connectivity index (χ0v) is 15.7. The lowest BCUT2D eigenvalue weighted by Gasteiger charge is -2.07. The van der Waals surface area contributed by atoms with Gasteiger partial charge in [0.05, 0.1) is 22.0 Å². The minimum atomic E-state index is 0.190. The highest BCUT2D eigenvalue weighted by Gasteiger charge is 2.13. The number of rotatable bonds is 3. The molecule has 3 aromatic heterocycles. The maximum Gasteiger partial charge on any atom is 0.159 e. The lowest BCUT2D eigenvalue weighted by Crippen LogP contribution is -2.03. The van der Waals surface area contributed by atoms with Crippen molar-refractivity contribution in [3.05, 3.63) is 52.3 Å². The van der Waals surface area contributed by atoms with Crippen LogP contribution in [-0.4, -0.2) is 19.7 Å². The molecule has 0 spiro atoms. The third-order valence-electron chi connectivity index (χ3n) is 3.98. The molecular weight excluding hydrogens is 366 g/mol. The normalized spacial score (nSPS) is 12.2. The molecule has 26 heavy (non-hydrogen) atoms. The van der Waals surface area contributed by atoms with Crippen molar-refractivity contribution in [3.63, 3.8) is 0 Å². The molecule has 1 aromatic carbocycles. The molecule has 128 valence electrons. The Bertz CT molecular complexity index is 1160. The van der Waals surface area contributed by atoms with E-state index in [1.54, 1.807) is 12.3 Å². The fraction of sp³-hybridized carbons (Fsp3) is 0.158. The van der Waals surface area contributed by atoms with Crippen LogP contribution >= 0.6 is 22.9 Å². The van der Waals surface area contributed by atoms with Gasteiger partial charge in [0.15, 0.2) is 5.65 Å². The van der Waals surface area contributed by atoms with Crippen LogP contribution in [-0.2, 0) is 0 Å². The molecule has 3 heterocycles. The molecule has 0 atom stereocenters.